The van der Waals surface area contributed by atoms with Crippen LogP contribution in [0.5, 0.6) is 11.5 Å². The van der Waals surface area contributed by atoms with Crippen molar-refractivity contribution in [1.29, 1.82) is 0 Å². The molecule has 2 N–H and O–H groups in total. The number of aryl methyl sites for hydroxylation is 1. The number of halogens is 2. The van der Waals surface area contributed by atoms with Crippen LogP contribution in [0.1, 0.15) is 29.5 Å². The SMILES string of the molecule is CN=C(NCc1ccc(OC)cc1OC(F)F)NC1CCN(Cc2cccc(C)c2)CC1. The molecule has 0 spiro atoms. The molecule has 0 amide bonds. The summed E-state index contributed by atoms with van der Waals surface area (Å²) in [4.78, 5) is 6.75. The summed E-state index contributed by atoms with van der Waals surface area (Å²) in [5, 5.41) is 6.65. The molecular weight excluding hydrogens is 414 g/mol. The highest BCUT2D eigenvalue weighted by molar-refractivity contribution is 5.80. The van der Waals surface area contributed by atoms with Crippen LogP contribution in [0.3, 0.4) is 0 Å². The lowest BCUT2D eigenvalue weighted by Gasteiger charge is -2.33. The molecule has 0 atom stereocenters. The Morgan fingerprint density at radius 1 is 1.19 bits per heavy atom. The second-order valence-corrected chi connectivity index (χ2v) is 7.96. The Bertz CT molecular complexity index is 899. The molecular formula is C24H32F2N4O2. The Hall–Kier alpha value is -2.87. The first kappa shape index (κ1) is 23.8. The minimum Gasteiger partial charge on any atom is -0.497 e. The normalized spacial score (nSPS) is 15.6. The maximum atomic E-state index is 12.8. The molecule has 1 heterocycles. The fraction of sp³-hybridized carbons (Fsp3) is 0.458. The number of ether oxygens (including phenoxy) is 2. The van der Waals surface area contributed by atoms with E-state index in [1.54, 1.807) is 19.2 Å². The first-order chi connectivity index (χ1) is 15.5. The first-order valence-corrected chi connectivity index (χ1v) is 10.8. The monoisotopic (exact) mass is 446 g/mol. The molecule has 0 aromatic heterocycles. The Morgan fingerprint density at radius 2 is 1.97 bits per heavy atom. The smallest absolute Gasteiger partial charge is 0.387 e. The van der Waals surface area contributed by atoms with Crippen LogP contribution in [0.4, 0.5) is 8.78 Å². The van der Waals surface area contributed by atoms with Gasteiger partial charge in [0.1, 0.15) is 11.5 Å². The van der Waals surface area contributed by atoms with Crippen molar-refractivity contribution in [3.05, 3.63) is 59.2 Å². The molecule has 0 unspecified atom stereocenters. The fourth-order valence-electron chi connectivity index (χ4n) is 3.88. The van der Waals surface area contributed by atoms with Gasteiger partial charge in [-0.3, -0.25) is 9.89 Å². The third kappa shape index (κ3) is 7.09. The molecule has 1 aliphatic heterocycles. The molecule has 1 aliphatic rings. The van der Waals surface area contributed by atoms with E-state index in [0.717, 1.165) is 32.5 Å². The van der Waals surface area contributed by atoms with Gasteiger partial charge in [-0.15, -0.1) is 0 Å². The van der Waals surface area contributed by atoms with Crippen molar-refractivity contribution in [3.8, 4) is 11.5 Å². The van der Waals surface area contributed by atoms with E-state index >= 15 is 0 Å². The van der Waals surface area contributed by atoms with Crippen molar-refractivity contribution in [2.24, 2.45) is 4.99 Å². The van der Waals surface area contributed by atoms with Crippen molar-refractivity contribution in [2.45, 2.75) is 45.5 Å². The van der Waals surface area contributed by atoms with Gasteiger partial charge < -0.3 is 20.1 Å². The van der Waals surface area contributed by atoms with Crippen molar-refractivity contribution in [2.75, 3.05) is 27.2 Å². The average molecular weight is 447 g/mol. The highest BCUT2D eigenvalue weighted by Gasteiger charge is 2.20. The molecule has 1 saturated heterocycles. The summed E-state index contributed by atoms with van der Waals surface area (Å²) >= 11 is 0. The van der Waals surface area contributed by atoms with Gasteiger partial charge in [-0.25, -0.2) is 0 Å². The van der Waals surface area contributed by atoms with Crippen molar-refractivity contribution >= 4 is 5.96 Å². The average Bonchev–Trinajstić information content (AvgIpc) is 2.78. The molecule has 8 heteroatoms. The summed E-state index contributed by atoms with van der Waals surface area (Å²) < 4.78 is 35.3. The number of piperidine rings is 1. The lowest BCUT2D eigenvalue weighted by atomic mass is 10.0. The van der Waals surface area contributed by atoms with Gasteiger partial charge in [0, 0.05) is 50.9 Å². The van der Waals surface area contributed by atoms with Crippen LogP contribution in [0, 0.1) is 6.92 Å². The molecule has 2 aromatic rings. The number of hydrogen-bond donors (Lipinski definition) is 2. The number of guanidine groups is 1. The van der Waals surface area contributed by atoms with E-state index in [1.165, 1.54) is 24.3 Å². The van der Waals surface area contributed by atoms with Crippen molar-refractivity contribution < 1.29 is 18.3 Å². The number of rotatable bonds is 8. The van der Waals surface area contributed by atoms with Gasteiger partial charge in [0.25, 0.3) is 0 Å². The number of alkyl halides is 2. The molecule has 0 saturated carbocycles. The summed E-state index contributed by atoms with van der Waals surface area (Å²) in [5.41, 5.74) is 3.23. The largest absolute Gasteiger partial charge is 0.497 e. The van der Waals surface area contributed by atoms with Gasteiger partial charge in [-0.05, 0) is 37.5 Å². The van der Waals surface area contributed by atoms with E-state index in [0.29, 0.717) is 29.9 Å². The summed E-state index contributed by atoms with van der Waals surface area (Å²) in [5.74, 6) is 1.19. The molecule has 174 valence electrons. The van der Waals surface area contributed by atoms with Crippen LogP contribution in [-0.4, -0.2) is 50.8 Å². The van der Waals surface area contributed by atoms with Crippen LogP contribution >= 0.6 is 0 Å². The zero-order valence-electron chi connectivity index (χ0n) is 18.9. The summed E-state index contributed by atoms with van der Waals surface area (Å²) in [6, 6.07) is 13.8. The zero-order chi connectivity index (χ0) is 22.9. The second kappa shape index (κ2) is 11.7. The predicted octanol–water partition coefficient (Wildman–Crippen LogP) is 3.93. The first-order valence-electron chi connectivity index (χ1n) is 10.8. The third-order valence-corrected chi connectivity index (χ3v) is 5.58. The highest BCUT2D eigenvalue weighted by Crippen LogP contribution is 2.26. The van der Waals surface area contributed by atoms with Crippen molar-refractivity contribution in [3.63, 3.8) is 0 Å². The van der Waals surface area contributed by atoms with Crippen LogP contribution in [0.15, 0.2) is 47.5 Å². The molecule has 3 rings (SSSR count). The molecule has 2 aromatic carbocycles. The van der Waals surface area contributed by atoms with Crippen LogP contribution in [0.2, 0.25) is 0 Å². The van der Waals surface area contributed by atoms with E-state index in [2.05, 4.69) is 56.5 Å². The number of methoxy groups -OCH3 is 1. The van der Waals surface area contributed by atoms with Gasteiger partial charge in [0.15, 0.2) is 5.96 Å². The number of hydrogen-bond acceptors (Lipinski definition) is 4. The number of benzene rings is 2. The Kier molecular flexibility index (Phi) is 8.67. The molecule has 1 fully saturated rings. The third-order valence-electron chi connectivity index (χ3n) is 5.58. The van der Waals surface area contributed by atoms with Gasteiger partial charge in [0.05, 0.1) is 7.11 Å². The van der Waals surface area contributed by atoms with Crippen molar-refractivity contribution in [1.82, 2.24) is 15.5 Å². The minimum absolute atomic E-state index is 0.0896. The second-order valence-electron chi connectivity index (χ2n) is 7.96. The van der Waals surface area contributed by atoms with Gasteiger partial charge in [-0.2, -0.15) is 8.78 Å². The maximum Gasteiger partial charge on any atom is 0.387 e. The van der Waals surface area contributed by atoms with Gasteiger partial charge in [0.2, 0.25) is 0 Å². The van der Waals surface area contributed by atoms with E-state index in [-0.39, 0.29) is 5.75 Å². The Morgan fingerprint density at radius 3 is 2.62 bits per heavy atom. The molecule has 6 nitrogen and oxygen atoms in total. The zero-order valence-corrected chi connectivity index (χ0v) is 18.9. The van der Waals surface area contributed by atoms with Gasteiger partial charge in [-0.1, -0.05) is 29.8 Å². The van der Waals surface area contributed by atoms with Crippen LogP contribution in [0.25, 0.3) is 0 Å². The number of likely N-dealkylation sites (tertiary alicyclic amines) is 1. The van der Waals surface area contributed by atoms with E-state index < -0.39 is 6.61 Å². The standard InChI is InChI=1S/C24H32F2N4O2/c1-17-5-4-6-18(13-17)16-30-11-9-20(10-12-30)29-24(27-2)28-15-19-7-8-21(31-3)14-22(19)32-23(25)26/h4-8,13-14,20,23H,9-12,15-16H2,1-3H3,(H2,27,28,29). The lowest BCUT2D eigenvalue weighted by Crippen LogP contribution is -2.48. The Labute approximate surface area is 188 Å². The summed E-state index contributed by atoms with van der Waals surface area (Å²) in [6.45, 7) is 2.50. The summed E-state index contributed by atoms with van der Waals surface area (Å²) in [7, 11) is 3.18. The topological polar surface area (TPSA) is 58.1 Å². The molecule has 32 heavy (non-hydrogen) atoms. The van der Waals surface area contributed by atoms with Gasteiger partial charge >= 0.3 is 6.61 Å². The van der Waals surface area contributed by atoms with Crippen LogP contribution < -0.4 is 20.1 Å². The van der Waals surface area contributed by atoms with E-state index in [9.17, 15) is 8.78 Å². The highest BCUT2D eigenvalue weighted by atomic mass is 19.3. The van der Waals surface area contributed by atoms with E-state index in [4.69, 9.17) is 4.74 Å². The number of nitrogens with zero attached hydrogens (tertiary/aromatic N) is 2. The lowest BCUT2D eigenvalue weighted by molar-refractivity contribution is -0.0505. The van der Waals surface area contributed by atoms with Crippen LogP contribution in [-0.2, 0) is 13.1 Å². The molecule has 0 aliphatic carbocycles. The summed E-state index contributed by atoms with van der Waals surface area (Å²) in [6.07, 6.45) is 2.02. The number of aliphatic imine (C=N–C) groups is 1. The van der Waals surface area contributed by atoms with E-state index in [1.807, 2.05) is 0 Å². The molecule has 0 radical (unpaired) electrons. The Balaban J connectivity index is 1.49. The predicted molar refractivity (Wildman–Crippen MR) is 122 cm³/mol. The molecule has 0 bridgehead atoms. The maximum absolute atomic E-state index is 12.8. The number of nitrogens with one attached hydrogen (secondary N) is 2. The quantitative estimate of drug-likeness (QED) is 0.475. The minimum atomic E-state index is -2.90. The fourth-order valence-corrected chi connectivity index (χ4v) is 3.88.